The van der Waals surface area contributed by atoms with Crippen LogP contribution in [0.4, 0.5) is 0 Å². The molecule has 1 fully saturated rings. The van der Waals surface area contributed by atoms with Gasteiger partial charge in [0.1, 0.15) is 6.04 Å². The van der Waals surface area contributed by atoms with E-state index in [0.717, 1.165) is 38.5 Å². The van der Waals surface area contributed by atoms with Gasteiger partial charge in [-0.3, -0.25) is 4.79 Å². The summed E-state index contributed by atoms with van der Waals surface area (Å²) >= 11 is 0. The van der Waals surface area contributed by atoms with Gasteiger partial charge in [-0.1, -0.05) is 33.6 Å². The molecule has 0 spiro atoms. The number of ether oxygens (including phenoxy) is 1. The predicted octanol–water partition coefficient (Wildman–Crippen LogP) is 2.82. The van der Waals surface area contributed by atoms with Crippen molar-refractivity contribution in [2.75, 3.05) is 26.7 Å². The molecule has 4 nitrogen and oxygen atoms in total. The van der Waals surface area contributed by atoms with Crippen LogP contribution in [0, 0.1) is 5.92 Å². The van der Waals surface area contributed by atoms with E-state index in [1.165, 1.54) is 32.8 Å². The molecule has 124 valence electrons. The highest BCUT2D eigenvalue weighted by molar-refractivity contribution is 5.75. The summed E-state index contributed by atoms with van der Waals surface area (Å²) in [7, 11) is 1.48. The van der Waals surface area contributed by atoms with Gasteiger partial charge >= 0.3 is 5.97 Å². The van der Waals surface area contributed by atoms with Crippen LogP contribution in [0.15, 0.2) is 0 Å². The topological polar surface area (TPSA) is 41.6 Å². The van der Waals surface area contributed by atoms with Gasteiger partial charge in [-0.25, -0.2) is 0 Å². The maximum Gasteiger partial charge on any atom is 0.322 e. The molecule has 0 saturated heterocycles. The fourth-order valence-corrected chi connectivity index (χ4v) is 3.22. The molecule has 0 amide bonds. The monoisotopic (exact) mass is 298 g/mol. The molecule has 0 heterocycles. The largest absolute Gasteiger partial charge is 0.468 e. The zero-order valence-electron chi connectivity index (χ0n) is 14.4. The van der Waals surface area contributed by atoms with Crippen molar-refractivity contribution in [3.63, 3.8) is 0 Å². The van der Waals surface area contributed by atoms with Gasteiger partial charge in [-0.05, 0) is 38.1 Å². The van der Waals surface area contributed by atoms with E-state index >= 15 is 0 Å². The summed E-state index contributed by atoms with van der Waals surface area (Å²) in [4.78, 5) is 14.5. The molecule has 1 N–H and O–H groups in total. The molecule has 0 aromatic rings. The molecule has 0 bridgehead atoms. The van der Waals surface area contributed by atoms with Crippen molar-refractivity contribution < 1.29 is 9.53 Å². The Morgan fingerprint density at radius 1 is 1.33 bits per heavy atom. The van der Waals surface area contributed by atoms with E-state index in [9.17, 15) is 4.79 Å². The molecule has 1 rings (SSSR count). The van der Waals surface area contributed by atoms with Crippen molar-refractivity contribution in [3.05, 3.63) is 0 Å². The van der Waals surface area contributed by atoms with Crippen LogP contribution in [-0.2, 0) is 9.53 Å². The Morgan fingerprint density at radius 2 is 2.00 bits per heavy atom. The van der Waals surface area contributed by atoms with E-state index in [-0.39, 0.29) is 12.0 Å². The van der Waals surface area contributed by atoms with E-state index in [2.05, 4.69) is 31.0 Å². The van der Waals surface area contributed by atoms with E-state index in [4.69, 9.17) is 4.74 Å². The van der Waals surface area contributed by atoms with Crippen molar-refractivity contribution in [2.45, 2.75) is 71.4 Å². The standard InChI is InChI=1S/C17H34N2O2/c1-5-11-18-16(17(20)21-4)10-12-19(13-14(2)3)15-8-6-7-9-15/h14-16,18H,5-13H2,1-4H3. The summed E-state index contributed by atoms with van der Waals surface area (Å²) in [6.45, 7) is 9.65. The van der Waals surface area contributed by atoms with Gasteiger partial charge in [0.25, 0.3) is 0 Å². The SMILES string of the molecule is CCCNC(CCN(CC(C)C)C1CCCC1)C(=O)OC. The predicted molar refractivity (Wildman–Crippen MR) is 87.4 cm³/mol. The number of rotatable bonds is 10. The second-order valence-electron chi connectivity index (χ2n) is 6.65. The Morgan fingerprint density at radius 3 is 2.52 bits per heavy atom. The highest BCUT2D eigenvalue weighted by Gasteiger charge is 2.25. The molecule has 0 aromatic heterocycles. The first-order chi connectivity index (χ1) is 10.1. The molecular weight excluding hydrogens is 264 g/mol. The molecule has 1 aliphatic rings. The number of carbonyl (C=O) groups excluding carboxylic acids is 1. The lowest BCUT2D eigenvalue weighted by atomic mass is 10.1. The van der Waals surface area contributed by atoms with E-state index in [1.54, 1.807) is 0 Å². The van der Waals surface area contributed by atoms with Crippen LogP contribution in [-0.4, -0.2) is 49.7 Å². The second kappa shape index (κ2) is 10.2. The molecule has 1 aliphatic carbocycles. The van der Waals surface area contributed by atoms with Crippen LogP contribution in [0.2, 0.25) is 0 Å². The summed E-state index contributed by atoms with van der Waals surface area (Å²) in [6.07, 6.45) is 7.22. The first-order valence-electron chi connectivity index (χ1n) is 8.63. The summed E-state index contributed by atoms with van der Waals surface area (Å²) in [5, 5.41) is 3.32. The van der Waals surface area contributed by atoms with Gasteiger partial charge in [0.2, 0.25) is 0 Å². The molecule has 0 radical (unpaired) electrons. The van der Waals surface area contributed by atoms with Gasteiger partial charge in [-0.15, -0.1) is 0 Å². The maximum atomic E-state index is 11.9. The fraction of sp³-hybridized carbons (Fsp3) is 0.941. The van der Waals surface area contributed by atoms with Gasteiger partial charge in [-0.2, -0.15) is 0 Å². The van der Waals surface area contributed by atoms with Crippen LogP contribution in [0.3, 0.4) is 0 Å². The zero-order valence-corrected chi connectivity index (χ0v) is 14.4. The first-order valence-corrected chi connectivity index (χ1v) is 8.63. The van der Waals surface area contributed by atoms with Crippen molar-refractivity contribution >= 4 is 5.97 Å². The Balaban J connectivity index is 2.52. The van der Waals surface area contributed by atoms with E-state index in [0.29, 0.717) is 5.92 Å². The lowest BCUT2D eigenvalue weighted by molar-refractivity contribution is -0.143. The molecule has 1 unspecified atom stereocenters. The summed E-state index contributed by atoms with van der Waals surface area (Å²) < 4.78 is 4.93. The quantitative estimate of drug-likeness (QED) is 0.630. The van der Waals surface area contributed by atoms with Crippen molar-refractivity contribution in [2.24, 2.45) is 5.92 Å². The van der Waals surface area contributed by atoms with E-state index in [1.807, 2.05) is 0 Å². The van der Waals surface area contributed by atoms with Gasteiger partial charge in [0.15, 0.2) is 0 Å². The number of carbonyl (C=O) groups is 1. The Hall–Kier alpha value is -0.610. The molecule has 4 heteroatoms. The number of methoxy groups -OCH3 is 1. The van der Waals surface area contributed by atoms with Crippen molar-refractivity contribution in [1.29, 1.82) is 0 Å². The van der Waals surface area contributed by atoms with Gasteiger partial charge in [0, 0.05) is 19.1 Å². The Bertz CT molecular complexity index is 289. The lowest BCUT2D eigenvalue weighted by Crippen LogP contribution is -2.43. The second-order valence-corrected chi connectivity index (χ2v) is 6.65. The average molecular weight is 298 g/mol. The third-order valence-electron chi connectivity index (χ3n) is 4.27. The van der Waals surface area contributed by atoms with Gasteiger partial charge in [0.05, 0.1) is 7.11 Å². The average Bonchev–Trinajstić information content (AvgIpc) is 2.99. The number of esters is 1. The smallest absolute Gasteiger partial charge is 0.322 e. The third-order valence-corrected chi connectivity index (χ3v) is 4.27. The Kier molecular flexibility index (Phi) is 8.93. The number of hydrogen-bond acceptors (Lipinski definition) is 4. The molecule has 0 aromatic carbocycles. The van der Waals surface area contributed by atoms with Crippen LogP contribution >= 0.6 is 0 Å². The minimum atomic E-state index is -0.161. The van der Waals surface area contributed by atoms with Crippen LogP contribution in [0.5, 0.6) is 0 Å². The highest BCUT2D eigenvalue weighted by atomic mass is 16.5. The lowest BCUT2D eigenvalue weighted by Gasteiger charge is -2.31. The molecule has 1 atom stereocenters. The van der Waals surface area contributed by atoms with E-state index < -0.39 is 0 Å². The molecule has 0 aliphatic heterocycles. The normalized spacial score (nSPS) is 17.6. The minimum absolute atomic E-state index is 0.126. The van der Waals surface area contributed by atoms with Gasteiger partial charge < -0.3 is 15.0 Å². The van der Waals surface area contributed by atoms with Crippen LogP contribution in [0.25, 0.3) is 0 Å². The maximum absolute atomic E-state index is 11.9. The highest BCUT2D eigenvalue weighted by Crippen LogP contribution is 2.24. The minimum Gasteiger partial charge on any atom is -0.468 e. The summed E-state index contributed by atoms with van der Waals surface area (Å²) in [6, 6.07) is 0.558. The summed E-state index contributed by atoms with van der Waals surface area (Å²) in [5.41, 5.74) is 0. The number of nitrogens with zero attached hydrogens (tertiary/aromatic N) is 1. The Labute approximate surface area is 130 Å². The molecule has 1 saturated carbocycles. The molecule has 21 heavy (non-hydrogen) atoms. The zero-order chi connectivity index (χ0) is 15.7. The summed E-state index contributed by atoms with van der Waals surface area (Å²) in [5.74, 6) is 0.546. The van der Waals surface area contributed by atoms with Crippen LogP contribution < -0.4 is 5.32 Å². The third kappa shape index (κ3) is 6.79. The van der Waals surface area contributed by atoms with Crippen molar-refractivity contribution in [1.82, 2.24) is 10.2 Å². The van der Waals surface area contributed by atoms with Crippen LogP contribution in [0.1, 0.15) is 59.3 Å². The van der Waals surface area contributed by atoms with Crippen molar-refractivity contribution in [3.8, 4) is 0 Å². The number of nitrogens with one attached hydrogen (secondary N) is 1. The fourth-order valence-electron chi connectivity index (χ4n) is 3.22. The molecular formula is C17H34N2O2. The number of hydrogen-bond donors (Lipinski definition) is 1. The first kappa shape index (κ1) is 18.4.